The van der Waals surface area contributed by atoms with Gasteiger partial charge in [-0.15, -0.1) is 0 Å². The third-order valence-corrected chi connectivity index (χ3v) is 2.52. The molecule has 0 fully saturated rings. The number of nitrogens with one attached hydrogen (secondary N) is 1. The lowest BCUT2D eigenvalue weighted by atomic mass is 10.5. The second-order valence-electron chi connectivity index (χ2n) is 1.83. The summed E-state index contributed by atoms with van der Waals surface area (Å²) in [5.74, 6) is 0. The number of hydrogen-bond acceptors (Lipinski definition) is 4. The molecule has 3 nitrogen and oxygen atoms in total. The van der Waals surface area contributed by atoms with Gasteiger partial charge in [0.05, 0.1) is 0 Å². The van der Waals surface area contributed by atoms with E-state index in [1.54, 1.807) is 7.05 Å². The van der Waals surface area contributed by atoms with Crippen LogP contribution in [0, 0.1) is 0 Å². The van der Waals surface area contributed by atoms with Crippen LogP contribution in [-0.4, -0.2) is 28.4 Å². The van der Waals surface area contributed by atoms with Gasteiger partial charge in [-0.1, -0.05) is 0 Å². The molecule has 0 aliphatic carbocycles. The molecule has 1 unspecified atom stereocenters. The molecular weight excluding hydrogens is 196 g/mol. The topological polar surface area (TPSA) is 27.6 Å². The smallest absolute Gasteiger partial charge is 0.210 e. The van der Waals surface area contributed by atoms with Crippen LogP contribution < -0.4 is 5.43 Å². The second kappa shape index (κ2) is 3.12. The summed E-state index contributed by atoms with van der Waals surface area (Å²) in [6.07, 6.45) is 1.11. The number of hydrazone groups is 1. The molecule has 0 amide bonds. The van der Waals surface area contributed by atoms with E-state index in [1.165, 1.54) is 4.52 Å². The number of hydrazine groups is 1. The van der Waals surface area contributed by atoms with Crippen molar-refractivity contribution in [2.75, 3.05) is 7.05 Å². The maximum Gasteiger partial charge on any atom is 0.340 e. The lowest BCUT2D eigenvalue weighted by Gasteiger charge is -2.14. The van der Waals surface area contributed by atoms with Crippen molar-refractivity contribution in [2.24, 2.45) is 5.10 Å². The molecule has 11 heavy (non-hydrogen) atoms. The molecule has 0 radical (unpaired) electrons. The summed E-state index contributed by atoms with van der Waals surface area (Å²) in [5, 5.41) is -0.725. The molecule has 64 valence electrons. The predicted octanol–water partition coefficient (Wildman–Crippen LogP) is 1.27. The number of alkyl halides is 3. The molecule has 1 heterocycles. The molecule has 0 saturated heterocycles. The minimum Gasteiger partial charge on any atom is -0.210 e. The van der Waals surface area contributed by atoms with Crippen molar-refractivity contribution in [3.05, 3.63) is 0 Å². The highest BCUT2D eigenvalue weighted by Crippen LogP contribution is 2.35. The first-order valence-corrected chi connectivity index (χ1v) is 4.00. The molecule has 0 bridgehead atoms. The number of halogens is 3. The van der Waals surface area contributed by atoms with Gasteiger partial charge < -0.3 is 0 Å². The molecule has 1 atom stereocenters. The maximum absolute atomic E-state index is 12.3. The van der Waals surface area contributed by atoms with Gasteiger partial charge in [0, 0.05) is 25.2 Å². The second-order valence-corrected chi connectivity index (χ2v) is 3.40. The van der Waals surface area contributed by atoms with Crippen molar-refractivity contribution < 1.29 is 8.78 Å². The monoisotopic (exact) mass is 201 g/mol. The van der Waals surface area contributed by atoms with Gasteiger partial charge in [-0.3, -0.25) is 0 Å². The van der Waals surface area contributed by atoms with E-state index in [1.807, 2.05) is 0 Å². The third kappa shape index (κ3) is 2.18. The highest BCUT2D eigenvalue weighted by molar-refractivity contribution is 7.98. The summed E-state index contributed by atoms with van der Waals surface area (Å²) in [5.41, 5.74) is 2.57. The van der Waals surface area contributed by atoms with Crippen molar-refractivity contribution in [1.82, 2.24) is 9.95 Å². The van der Waals surface area contributed by atoms with Gasteiger partial charge in [-0.05, 0) is 11.6 Å². The normalized spacial score (nSPS) is 24.7. The Morgan fingerprint density at radius 1 is 1.82 bits per heavy atom. The average molecular weight is 202 g/mol. The molecule has 1 aliphatic heterocycles. The highest BCUT2D eigenvalue weighted by atomic mass is 35.5. The summed E-state index contributed by atoms with van der Waals surface area (Å²) in [4.78, 5) is 0. The van der Waals surface area contributed by atoms with Crippen LogP contribution in [0.25, 0.3) is 0 Å². The van der Waals surface area contributed by atoms with Gasteiger partial charge in [0.15, 0.2) is 0 Å². The van der Waals surface area contributed by atoms with Crippen LogP contribution in [0.3, 0.4) is 0 Å². The zero-order valence-corrected chi connectivity index (χ0v) is 7.16. The summed E-state index contributed by atoms with van der Waals surface area (Å²) < 4.78 is 25.9. The molecule has 0 aromatic carbocycles. The third-order valence-electron chi connectivity index (χ3n) is 1.03. The lowest BCUT2D eigenvalue weighted by Crippen LogP contribution is -2.27. The van der Waals surface area contributed by atoms with Crippen LogP contribution in [0.2, 0.25) is 0 Å². The van der Waals surface area contributed by atoms with E-state index >= 15 is 0 Å². The van der Waals surface area contributed by atoms with Crippen LogP contribution in [0.15, 0.2) is 5.10 Å². The highest BCUT2D eigenvalue weighted by Gasteiger charge is 2.40. The van der Waals surface area contributed by atoms with Crippen molar-refractivity contribution in [3.8, 4) is 0 Å². The molecular formula is C4H6ClF2N3S. The first-order valence-electron chi connectivity index (χ1n) is 2.79. The summed E-state index contributed by atoms with van der Waals surface area (Å²) in [7, 11) is 1.58. The Bertz CT molecular complexity index is 171. The van der Waals surface area contributed by atoms with Gasteiger partial charge in [0.25, 0.3) is 0 Å². The van der Waals surface area contributed by atoms with E-state index in [2.05, 4.69) is 10.5 Å². The first-order chi connectivity index (χ1) is 5.04. The van der Waals surface area contributed by atoms with Crippen LogP contribution in [0.4, 0.5) is 8.78 Å². The molecule has 7 heteroatoms. The van der Waals surface area contributed by atoms with Crippen molar-refractivity contribution in [2.45, 2.75) is 10.6 Å². The van der Waals surface area contributed by atoms with E-state index in [4.69, 9.17) is 11.6 Å². The van der Waals surface area contributed by atoms with E-state index in [0.29, 0.717) is 0 Å². The van der Waals surface area contributed by atoms with Crippen LogP contribution in [0.5, 0.6) is 0 Å². The summed E-state index contributed by atoms with van der Waals surface area (Å²) >= 11 is 5.60. The van der Waals surface area contributed by atoms with Crippen LogP contribution in [0.1, 0.15) is 0 Å². The quantitative estimate of drug-likeness (QED) is 0.539. The Morgan fingerprint density at radius 3 is 2.73 bits per heavy atom. The minimum absolute atomic E-state index is 0.836. The Hall–Kier alpha value is -0.0700. The van der Waals surface area contributed by atoms with Gasteiger partial charge in [-0.2, -0.15) is 18.4 Å². The fourth-order valence-corrected chi connectivity index (χ4v) is 1.37. The van der Waals surface area contributed by atoms with Gasteiger partial charge in [-0.25, -0.2) is 5.43 Å². The zero-order chi connectivity index (χ0) is 8.48. The van der Waals surface area contributed by atoms with Crippen molar-refractivity contribution >= 4 is 29.8 Å². The SMILES string of the molecule is CNN1N=CC(C(F)(F)Cl)S1. The molecule has 0 aromatic heterocycles. The fraction of sp³-hybridized carbons (Fsp3) is 0.750. The molecule has 1 N–H and O–H groups in total. The Kier molecular flexibility index (Phi) is 2.56. The average Bonchev–Trinajstić information content (AvgIpc) is 2.32. The molecule has 1 rings (SSSR count). The zero-order valence-electron chi connectivity index (χ0n) is 5.59. The van der Waals surface area contributed by atoms with Crippen molar-refractivity contribution in [3.63, 3.8) is 0 Å². The molecule has 1 aliphatic rings. The summed E-state index contributed by atoms with van der Waals surface area (Å²) in [6.45, 7) is 0. The standard InChI is InChI=1S/C4H6ClF2N3S/c1-8-10-9-2-3(11-10)4(5,6)7/h2-3,8H,1H3. The van der Waals surface area contributed by atoms with Crippen LogP contribution >= 0.6 is 23.5 Å². The number of nitrogens with zero attached hydrogens (tertiary/aromatic N) is 2. The molecule has 0 saturated carbocycles. The van der Waals surface area contributed by atoms with Crippen LogP contribution in [-0.2, 0) is 0 Å². The Morgan fingerprint density at radius 2 is 2.45 bits per heavy atom. The van der Waals surface area contributed by atoms with E-state index in [0.717, 1.165) is 18.2 Å². The fourth-order valence-electron chi connectivity index (χ4n) is 0.538. The van der Waals surface area contributed by atoms with E-state index in [-0.39, 0.29) is 0 Å². The van der Waals surface area contributed by atoms with E-state index in [9.17, 15) is 8.78 Å². The van der Waals surface area contributed by atoms with E-state index < -0.39 is 10.6 Å². The largest absolute Gasteiger partial charge is 0.340 e. The molecule has 0 aromatic rings. The first kappa shape index (κ1) is 9.02. The minimum atomic E-state index is -3.24. The van der Waals surface area contributed by atoms with Gasteiger partial charge in [0.1, 0.15) is 5.25 Å². The summed E-state index contributed by atoms with van der Waals surface area (Å²) in [6, 6.07) is 0. The maximum atomic E-state index is 12.3. The lowest BCUT2D eigenvalue weighted by molar-refractivity contribution is 0.112. The number of rotatable bonds is 2. The van der Waals surface area contributed by atoms with Gasteiger partial charge in [0.2, 0.25) is 0 Å². The Labute approximate surface area is 71.9 Å². The van der Waals surface area contributed by atoms with Crippen molar-refractivity contribution in [1.29, 1.82) is 0 Å². The predicted molar refractivity (Wildman–Crippen MR) is 41.6 cm³/mol. The Balaban J connectivity index is 2.50. The number of hydrogen-bond donors (Lipinski definition) is 1. The molecule has 0 spiro atoms. The van der Waals surface area contributed by atoms with Gasteiger partial charge >= 0.3 is 5.38 Å².